The first-order chi connectivity index (χ1) is 11.6. The first-order valence-corrected chi connectivity index (χ1v) is 9.33. The molecule has 3 heteroatoms. The van der Waals surface area contributed by atoms with Crippen LogP contribution in [-0.2, 0) is 11.2 Å². The average Bonchev–Trinajstić information content (AvgIpc) is 2.62. The summed E-state index contributed by atoms with van der Waals surface area (Å²) in [5.41, 5.74) is 1.68. The average molecular weight is 327 g/mol. The van der Waals surface area contributed by atoms with Crippen LogP contribution >= 0.6 is 0 Å². The molecule has 0 saturated heterocycles. The van der Waals surface area contributed by atoms with Crippen molar-refractivity contribution in [1.29, 1.82) is 5.26 Å². The fraction of sp³-hybridized carbons (Fsp3) is 0.619. The van der Waals surface area contributed by atoms with Crippen LogP contribution in [0.15, 0.2) is 24.3 Å². The van der Waals surface area contributed by atoms with Gasteiger partial charge in [-0.15, -0.1) is 0 Å². The third-order valence-electron chi connectivity index (χ3n) is 5.14. The summed E-state index contributed by atoms with van der Waals surface area (Å²) in [6.45, 7) is 4.30. The number of hydrogen-bond acceptors (Lipinski definition) is 3. The third kappa shape index (κ3) is 4.84. The molecule has 0 heterocycles. The Labute approximate surface area is 146 Å². The minimum Gasteiger partial charge on any atom is -0.459 e. The molecule has 2 rings (SSSR count). The van der Waals surface area contributed by atoms with Gasteiger partial charge in [-0.2, -0.15) is 5.26 Å². The third-order valence-corrected chi connectivity index (χ3v) is 5.14. The zero-order chi connectivity index (χ0) is 17.4. The monoisotopic (exact) mass is 327 g/mol. The van der Waals surface area contributed by atoms with Gasteiger partial charge in [0, 0.05) is 0 Å². The van der Waals surface area contributed by atoms with Crippen molar-refractivity contribution in [2.75, 3.05) is 0 Å². The largest absolute Gasteiger partial charge is 0.459 e. The van der Waals surface area contributed by atoms with E-state index < -0.39 is 0 Å². The van der Waals surface area contributed by atoms with Crippen LogP contribution in [0.4, 0.5) is 0 Å². The van der Waals surface area contributed by atoms with Gasteiger partial charge in [0.2, 0.25) is 0 Å². The molecule has 0 N–H and O–H groups in total. The number of carbonyl (C=O) groups excluding carboxylic acids is 1. The Morgan fingerprint density at radius 3 is 2.42 bits per heavy atom. The summed E-state index contributed by atoms with van der Waals surface area (Å²) in [7, 11) is 0. The second kappa shape index (κ2) is 8.87. The quantitative estimate of drug-likeness (QED) is 0.627. The Morgan fingerprint density at radius 1 is 1.21 bits per heavy atom. The second-order valence-electron chi connectivity index (χ2n) is 7.05. The van der Waals surface area contributed by atoms with Crippen LogP contribution in [0.2, 0.25) is 0 Å². The number of unbranched alkanes of at least 4 members (excludes halogenated alkanes) is 1. The van der Waals surface area contributed by atoms with Crippen molar-refractivity contribution in [2.45, 2.75) is 77.7 Å². The van der Waals surface area contributed by atoms with E-state index in [1.165, 1.54) is 5.56 Å². The standard InChI is InChI=1S/C21H29NO2/c1-3-5-13-21(16-22)14-11-19(12-15-21)24-20(23)18-9-7-17(6-4-2)8-10-18/h7-10,19H,3-6,11-15H2,1-2H3/t19-,21+. The molecule has 3 nitrogen and oxygen atoms in total. The lowest BCUT2D eigenvalue weighted by Gasteiger charge is -2.34. The molecule has 0 aliphatic heterocycles. The van der Waals surface area contributed by atoms with Gasteiger partial charge in [-0.05, 0) is 56.2 Å². The van der Waals surface area contributed by atoms with Gasteiger partial charge in [-0.1, -0.05) is 45.2 Å². The molecule has 0 bridgehead atoms. The van der Waals surface area contributed by atoms with Gasteiger partial charge < -0.3 is 4.74 Å². The maximum Gasteiger partial charge on any atom is 0.338 e. The molecule has 1 fully saturated rings. The van der Waals surface area contributed by atoms with E-state index in [0.29, 0.717) is 5.56 Å². The minimum absolute atomic E-state index is 0.0454. The molecule has 1 saturated carbocycles. The van der Waals surface area contributed by atoms with Crippen molar-refractivity contribution in [2.24, 2.45) is 5.41 Å². The highest BCUT2D eigenvalue weighted by molar-refractivity contribution is 5.89. The molecule has 1 aromatic rings. The number of nitrogens with zero attached hydrogens (tertiary/aromatic N) is 1. The Morgan fingerprint density at radius 2 is 1.88 bits per heavy atom. The summed E-state index contributed by atoms with van der Waals surface area (Å²) < 4.78 is 5.67. The molecule has 0 unspecified atom stereocenters. The Balaban J connectivity index is 1.86. The molecule has 0 aromatic heterocycles. The van der Waals surface area contributed by atoms with E-state index in [2.05, 4.69) is 19.9 Å². The molecule has 1 aromatic carbocycles. The SMILES string of the molecule is CCCC[C@]1(C#N)CC[C@@H](OC(=O)c2ccc(CCC)cc2)CC1. The first-order valence-electron chi connectivity index (χ1n) is 9.33. The fourth-order valence-corrected chi connectivity index (χ4v) is 3.51. The molecular weight excluding hydrogens is 298 g/mol. The van der Waals surface area contributed by atoms with E-state index in [0.717, 1.165) is 57.8 Å². The predicted octanol–water partition coefficient (Wildman–Crippen LogP) is 5.44. The predicted molar refractivity (Wildman–Crippen MR) is 95.7 cm³/mol. The van der Waals surface area contributed by atoms with Crippen LogP contribution in [0.3, 0.4) is 0 Å². The molecule has 0 amide bonds. The molecule has 0 spiro atoms. The zero-order valence-corrected chi connectivity index (χ0v) is 15.0. The highest BCUT2D eigenvalue weighted by Crippen LogP contribution is 2.41. The summed E-state index contributed by atoms with van der Waals surface area (Å²) >= 11 is 0. The van der Waals surface area contributed by atoms with Crippen LogP contribution in [0.5, 0.6) is 0 Å². The van der Waals surface area contributed by atoms with E-state index in [9.17, 15) is 10.1 Å². The van der Waals surface area contributed by atoms with E-state index in [-0.39, 0.29) is 17.5 Å². The molecule has 1 aliphatic carbocycles. The summed E-state index contributed by atoms with van der Waals surface area (Å²) in [6.07, 6.45) is 8.58. The fourth-order valence-electron chi connectivity index (χ4n) is 3.51. The van der Waals surface area contributed by atoms with Gasteiger partial charge in [0.1, 0.15) is 6.10 Å². The minimum atomic E-state index is -0.235. The number of nitriles is 1. The summed E-state index contributed by atoms with van der Waals surface area (Å²) in [5, 5.41) is 9.53. The van der Waals surface area contributed by atoms with E-state index >= 15 is 0 Å². The van der Waals surface area contributed by atoms with Crippen molar-refractivity contribution < 1.29 is 9.53 Å². The number of carbonyl (C=O) groups is 1. The van der Waals surface area contributed by atoms with E-state index in [4.69, 9.17) is 4.74 Å². The lowest BCUT2D eigenvalue weighted by Crippen LogP contribution is -2.31. The normalized spacial score (nSPS) is 23.5. The molecule has 24 heavy (non-hydrogen) atoms. The molecule has 1 aliphatic rings. The number of ether oxygens (including phenoxy) is 1. The molecule has 130 valence electrons. The highest BCUT2D eigenvalue weighted by atomic mass is 16.5. The molecule has 0 atom stereocenters. The van der Waals surface area contributed by atoms with Gasteiger partial charge in [0.05, 0.1) is 17.0 Å². The molecule has 0 radical (unpaired) electrons. The number of hydrogen-bond donors (Lipinski definition) is 0. The number of esters is 1. The van der Waals surface area contributed by atoms with Crippen LogP contribution in [0.25, 0.3) is 0 Å². The summed E-state index contributed by atoms with van der Waals surface area (Å²) in [5.74, 6) is -0.235. The number of benzene rings is 1. The van der Waals surface area contributed by atoms with Gasteiger partial charge in [0.15, 0.2) is 0 Å². The van der Waals surface area contributed by atoms with E-state index in [1.807, 2.05) is 24.3 Å². The zero-order valence-electron chi connectivity index (χ0n) is 15.0. The number of rotatable bonds is 7. The van der Waals surface area contributed by atoms with Crippen LogP contribution in [-0.4, -0.2) is 12.1 Å². The lowest BCUT2D eigenvalue weighted by molar-refractivity contribution is 0.0105. The second-order valence-corrected chi connectivity index (χ2v) is 7.05. The maximum atomic E-state index is 12.3. The lowest BCUT2D eigenvalue weighted by atomic mass is 9.71. The maximum absolute atomic E-state index is 12.3. The van der Waals surface area contributed by atoms with Crippen molar-refractivity contribution in [1.82, 2.24) is 0 Å². The van der Waals surface area contributed by atoms with Gasteiger partial charge in [-0.3, -0.25) is 0 Å². The topological polar surface area (TPSA) is 50.1 Å². The van der Waals surface area contributed by atoms with Crippen molar-refractivity contribution in [3.63, 3.8) is 0 Å². The van der Waals surface area contributed by atoms with Gasteiger partial charge in [-0.25, -0.2) is 4.79 Å². The van der Waals surface area contributed by atoms with E-state index in [1.54, 1.807) is 0 Å². The van der Waals surface area contributed by atoms with Crippen LogP contribution in [0.1, 0.15) is 81.1 Å². The van der Waals surface area contributed by atoms with Crippen LogP contribution < -0.4 is 0 Å². The first kappa shape index (κ1) is 18.5. The van der Waals surface area contributed by atoms with Crippen molar-refractivity contribution in [3.05, 3.63) is 35.4 Å². The Hall–Kier alpha value is -1.82. The molecular formula is C21H29NO2. The summed E-state index contributed by atoms with van der Waals surface area (Å²) in [6, 6.07) is 10.3. The Bertz CT molecular complexity index is 562. The highest BCUT2D eigenvalue weighted by Gasteiger charge is 2.36. The smallest absolute Gasteiger partial charge is 0.338 e. The Kier molecular flexibility index (Phi) is 6.85. The number of aryl methyl sites for hydroxylation is 1. The van der Waals surface area contributed by atoms with Gasteiger partial charge in [0.25, 0.3) is 0 Å². The van der Waals surface area contributed by atoms with Crippen LogP contribution in [0, 0.1) is 16.7 Å². The van der Waals surface area contributed by atoms with Gasteiger partial charge >= 0.3 is 5.97 Å². The van der Waals surface area contributed by atoms with Crippen molar-refractivity contribution in [3.8, 4) is 6.07 Å². The summed E-state index contributed by atoms with van der Waals surface area (Å²) in [4.78, 5) is 12.3. The van der Waals surface area contributed by atoms with Crippen molar-refractivity contribution >= 4 is 5.97 Å².